The van der Waals surface area contributed by atoms with E-state index in [1.807, 2.05) is 25.1 Å². The van der Waals surface area contributed by atoms with E-state index in [4.69, 9.17) is 5.73 Å². The summed E-state index contributed by atoms with van der Waals surface area (Å²) in [7, 11) is 6.83. The predicted molar refractivity (Wildman–Crippen MR) is 140 cm³/mol. The number of primary amides is 1. The van der Waals surface area contributed by atoms with Gasteiger partial charge in [-0.25, -0.2) is 0 Å². The Hall–Kier alpha value is -3.15. The number of aromatic hydroxyl groups is 1. The molecule has 4 aliphatic rings. The van der Waals surface area contributed by atoms with E-state index in [1.165, 1.54) is 4.90 Å². The normalized spacial score (nSPS) is 32.7. The van der Waals surface area contributed by atoms with Crippen molar-refractivity contribution >= 4 is 34.7 Å². The van der Waals surface area contributed by atoms with Crippen molar-refractivity contribution in [2.45, 2.75) is 43.9 Å². The van der Waals surface area contributed by atoms with Crippen LogP contribution in [0, 0.1) is 23.7 Å². The minimum atomic E-state index is -2.72. The molecule has 3 fully saturated rings. The van der Waals surface area contributed by atoms with Crippen LogP contribution in [0.5, 0.6) is 5.75 Å². The lowest BCUT2D eigenvalue weighted by molar-refractivity contribution is -0.181. The highest BCUT2D eigenvalue weighted by atomic mass is 16.3. The molecule has 11 nitrogen and oxygen atoms in total. The summed E-state index contributed by atoms with van der Waals surface area (Å²) in [6.45, 7) is 2.22. The standard InChI is InChI=1S/C28H36N4O7/c1-30(2)17-11-14(12-32-7-5-6-8-32)22(33)19-15(17)9-13-10-16-21(31(3)4)24(35)20(27(29)38)26(37)28(16,39)25(36)18(13)23(19)34/h11,13,16,18,20-21,33,39H,5-10,12H2,1-4H3,(H2,29,38)/t13-,16-,18?,20?,21-,28-/m0/s1. The monoisotopic (exact) mass is 540 g/mol. The van der Waals surface area contributed by atoms with E-state index in [1.54, 1.807) is 14.1 Å². The second-order valence-corrected chi connectivity index (χ2v) is 11.9. The van der Waals surface area contributed by atoms with Crippen molar-refractivity contribution in [1.29, 1.82) is 0 Å². The highest BCUT2D eigenvalue weighted by molar-refractivity contribution is 6.32. The lowest BCUT2D eigenvalue weighted by Gasteiger charge is -2.52. The van der Waals surface area contributed by atoms with Gasteiger partial charge in [0.25, 0.3) is 0 Å². The maximum Gasteiger partial charge on any atom is 0.235 e. The molecule has 1 amide bonds. The zero-order valence-electron chi connectivity index (χ0n) is 22.8. The Morgan fingerprint density at radius 3 is 2.31 bits per heavy atom. The van der Waals surface area contributed by atoms with Crippen molar-refractivity contribution in [1.82, 2.24) is 9.80 Å². The topological polar surface area (TPSA) is 162 Å². The van der Waals surface area contributed by atoms with E-state index >= 15 is 0 Å². The lowest BCUT2D eigenvalue weighted by atomic mass is 9.52. The van der Waals surface area contributed by atoms with Crippen molar-refractivity contribution < 1.29 is 34.2 Å². The Morgan fingerprint density at radius 2 is 1.74 bits per heavy atom. The van der Waals surface area contributed by atoms with Crippen molar-refractivity contribution in [3.63, 3.8) is 0 Å². The van der Waals surface area contributed by atoms with Gasteiger partial charge in [-0.3, -0.25) is 33.8 Å². The van der Waals surface area contributed by atoms with Gasteiger partial charge in [0.2, 0.25) is 5.91 Å². The maximum absolute atomic E-state index is 14.1. The number of hydrogen-bond donors (Lipinski definition) is 3. The van der Waals surface area contributed by atoms with E-state index in [-0.39, 0.29) is 24.2 Å². The number of hydrogen-bond acceptors (Lipinski definition) is 10. The summed E-state index contributed by atoms with van der Waals surface area (Å²) >= 11 is 0. The first-order valence-corrected chi connectivity index (χ1v) is 13.4. The van der Waals surface area contributed by atoms with Gasteiger partial charge >= 0.3 is 0 Å². The van der Waals surface area contributed by atoms with Crippen LogP contribution in [0.4, 0.5) is 5.69 Å². The number of carbonyl (C=O) groups excluding carboxylic acids is 5. The quantitative estimate of drug-likeness (QED) is 0.416. The average Bonchev–Trinajstić information content (AvgIpc) is 3.35. The number of aliphatic hydroxyl groups is 1. The van der Waals surface area contributed by atoms with E-state index in [0.29, 0.717) is 17.7 Å². The van der Waals surface area contributed by atoms with Crippen LogP contribution in [0.2, 0.25) is 0 Å². The Morgan fingerprint density at radius 1 is 1.10 bits per heavy atom. The number of phenols is 1. The molecule has 4 N–H and O–H groups in total. The molecule has 39 heavy (non-hydrogen) atoms. The average molecular weight is 541 g/mol. The minimum Gasteiger partial charge on any atom is -0.507 e. The van der Waals surface area contributed by atoms with E-state index in [9.17, 15) is 34.2 Å². The Kier molecular flexibility index (Phi) is 6.68. The van der Waals surface area contributed by atoms with Crippen LogP contribution in [0.25, 0.3) is 0 Å². The highest BCUT2D eigenvalue weighted by Crippen LogP contribution is 2.52. The molecule has 11 heteroatoms. The van der Waals surface area contributed by atoms with Gasteiger partial charge in [0, 0.05) is 37.8 Å². The zero-order valence-corrected chi connectivity index (χ0v) is 22.8. The Bertz CT molecular complexity index is 1280. The van der Waals surface area contributed by atoms with E-state index < -0.39 is 64.4 Å². The third-order valence-electron chi connectivity index (χ3n) is 9.19. The predicted octanol–water partition coefficient (Wildman–Crippen LogP) is -0.471. The van der Waals surface area contributed by atoms with Gasteiger partial charge in [-0.05, 0) is 70.4 Å². The number of likely N-dealkylation sites (N-methyl/N-ethyl adjacent to an activating group) is 1. The highest BCUT2D eigenvalue weighted by Gasteiger charge is 2.69. The van der Waals surface area contributed by atoms with Crippen molar-refractivity contribution in [3.8, 4) is 5.75 Å². The molecular formula is C28H36N4O7. The van der Waals surface area contributed by atoms with Crippen molar-refractivity contribution in [2.75, 3.05) is 46.2 Å². The fourth-order valence-electron chi connectivity index (χ4n) is 7.41. The Balaban J connectivity index is 1.63. The number of nitrogens with two attached hydrogens (primary N) is 1. The van der Waals surface area contributed by atoms with Crippen molar-refractivity contribution in [2.24, 2.45) is 29.4 Å². The number of nitrogens with zero attached hydrogens (tertiary/aromatic N) is 3. The van der Waals surface area contributed by atoms with Crippen LogP contribution in [-0.2, 0) is 32.1 Å². The smallest absolute Gasteiger partial charge is 0.235 e. The van der Waals surface area contributed by atoms with Gasteiger partial charge < -0.3 is 20.8 Å². The molecule has 1 aromatic carbocycles. The molecule has 1 saturated heterocycles. The summed E-state index contributed by atoms with van der Waals surface area (Å²) in [5.74, 6) is -10.2. The molecule has 1 heterocycles. The van der Waals surface area contributed by atoms with E-state index in [2.05, 4.69) is 4.90 Å². The number of anilines is 1. The SMILES string of the molecule is CN(C)c1cc(CN2CCCC2)c(O)c2c1C[C@H]1C[C@H]3[C@H](N(C)C)C(=O)C(C(N)=O)C(=O)[C@@]3(O)C(=O)C1C2=O. The molecule has 0 spiro atoms. The van der Waals surface area contributed by atoms with Crippen LogP contribution in [-0.4, -0.2) is 102 Å². The number of ketones is 4. The van der Waals surface area contributed by atoms with Crippen LogP contribution >= 0.6 is 0 Å². The van der Waals surface area contributed by atoms with E-state index in [0.717, 1.165) is 31.6 Å². The molecule has 1 aromatic rings. The fourth-order valence-corrected chi connectivity index (χ4v) is 7.41. The summed E-state index contributed by atoms with van der Waals surface area (Å²) in [4.78, 5) is 72.4. The number of likely N-dealkylation sites (tertiary alicyclic amines) is 1. The molecule has 0 bridgehead atoms. The molecule has 0 radical (unpaired) electrons. The first-order valence-electron chi connectivity index (χ1n) is 13.4. The van der Waals surface area contributed by atoms with Crippen LogP contribution in [0.1, 0.15) is 40.7 Å². The molecule has 3 aliphatic carbocycles. The molecule has 0 aromatic heterocycles. The second kappa shape index (κ2) is 9.50. The minimum absolute atomic E-state index is 0.0348. The van der Waals surface area contributed by atoms with Gasteiger partial charge in [0.1, 0.15) is 5.75 Å². The number of fused-ring (bicyclic) bond motifs is 3. The number of rotatable bonds is 5. The number of amides is 1. The lowest BCUT2D eigenvalue weighted by Crippen LogP contribution is -2.74. The molecule has 2 saturated carbocycles. The van der Waals surface area contributed by atoms with Gasteiger partial charge in [-0.2, -0.15) is 0 Å². The largest absolute Gasteiger partial charge is 0.507 e. The number of benzene rings is 1. The first-order chi connectivity index (χ1) is 18.3. The molecular weight excluding hydrogens is 504 g/mol. The first kappa shape index (κ1) is 27.4. The summed E-state index contributed by atoms with van der Waals surface area (Å²) in [5, 5.41) is 23.1. The van der Waals surface area contributed by atoms with Gasteiger partial charge in [-0.1, -0.05) is 0 Å². The summed E-state index contributed by atoms with van der Waals surface area (Å²) in [5.41, 5.74) is 4.64. The van der Waals surface area contributed by atoms with Gasteiger partial charge in [-0.15, -0.1) is 0 Å². The zero-order chi connectivity index (χ0) is 28.5. The molecule has 2 unspecified atom stereocenters. The van der Waals surface area contributed by atoms with Crippen LogP contribution in [0.15, 0.2) is 6.07 Å². The number of carbonyl (C=O) groups is 5. The summed E-state index contributed by atoms with van der Waals surface area (Å²) in [6, 6.07) is 0.769. The number of Topliss-reactive ketones (excluding diaryl/α,β-unsaturated/α-hetero) is 4. The molecule has 5 rings (SSSR count). The third-order valence-corrected chi connectivity index (χ3v) is 9.19. The summed E-state index contributed by atoms with van der Waals surface area (Å²) in [6.07, 6.45) is 2.39. The second-order valence-electron chi connectivity index (χ2n) is 11.9. The van der Waals surface area contributed by atoms with Crippen LogP contribution < -0.4 is 10.6 Å². The molecule has 210 valence electrons. The van der Waals surface area contributed by atoms with Crippen LogP contribution in [0.3, 0.4) is 0 Å². The van der Waals surface area contributed by atoms with Gasteiger partial charge in [0.05, 0.1) is 17.5 Å². The van der Waals surface area contributed by atoms with Gasteiger partial charge in [0.15, 0.2) is 34.7 Å². The Labute approximate surface area is 226 Å². The summed E-state index contributed by atoms with van der Waals surface area (Å²) < 4.78 is 0. The maximum atomic E-state index is 14.1. The molecule has 6 atom stereocenters. The molecule has 1 aliphatic heterocycles. The third kappa shape index (κ3) is 3.93. The van der Waals surface area contributed by atoms with Crippen molar-refractivity contribution in [3.05, 3.63) is 22.8 Å². The fraction of sp³-hybridized carbons (Fsp3) is 0.607. The number of phenolic OH excluding ortho intramolecular Hbond substituents is 1.